The summed E-state index contributed by atoms with van der Waals surface area (Å²) in [4.78, 5) is 0. The fourth-order valence-electron chi connectivity index (χ4n) is 3.76. The molecule has 3 rings (SSSR count). The molecule has 0 amide bonds. The molecule has 1 aliphatic rings. The van der Waals surface area contributed by atoms with Gasteiger partial charge in [-0.25, -0.2) is 0 Å². The topological polar surface area (TPSA) is 12.0 Å². The Balaban J connectivity index is 1.93. The van der Waals surface area contributed by atoms with Gasteiger partial charge in [-0.05, 0) is 56.3 Å². The second kappa shape index (κ2) is 7.14. The van der Waals surface area contributed by atoms with Gasteiger partial charge in [-0.15, -0.1) is 0 Å². The molecule has 0 atom stereocenters. The zero-order valence-corrected chi connectivity index (χ0v) is 14.1. The molecule has 1 nitrogen and oxygen atoms in total. The van der Waals surface area contributed by atoms with Gasteiger partial charge in [-0.3, -0.25) is 0 Å². The Hall–Kier alpha value is -1.86. The number of allylic oxidation sites excluding steroid dienone is 1. The van der Waals surface area contributed by atoms with E-state index in [2.05, 4.69) is 79.5 Å². The van der Waals surface area contributed by atoms with Crippen LogP contribution in [0.4, 0.5) is 0 Å². The van der Waals surface area contributed by atoms with E-state index in [1.165, 1.54) is 29.5 Å². The van der Waals surface area contributed by atoms with E-state index in [-0.39, 0.29) is 5.41 Å². The minimum Gasteiger partial charge on any atom is -0.317 e. The number of hydrogen-bond acceptors (Lipinski definition) is 1. The van der Waals surface area contributed by atoms with Crippen molar-refractivity contribution in [1.82, 2.24) is 5.32 Å². The highest BCUT2D eigenvalue weighted by atomic mass is 14.9. The minimum atomic E-state index is -0.118. The maximum atomic E-state index is 4.55. The van der Waals surface area contributed by atoms with Gasteiger partial charge < -0.3 is 5.32 Å². The minimum absolute atomic E-state index is 0.118. The number of piperidine rings is 1. The van der Waals surface area contributed by atoms with Gasteiger partial charge in [-0.1, -0.05) is 72.8 Å². The van der Waals surface area contributed by atoms with Gasteiger partial charge in [0.15, 0.2) is 0 Å². The zero-order chi connectivity index (χ0) is 16.1. The molecular formula is C22H27N. The summed E-state index contributed by atoms with van der Waals surface area (Å²) in [6, 6.07) is 21.7. The summed E-state index contributed by atoms with van der Waals surface area (Å²) in [5.41, 5.74) is 3.89. The molecule has 1 heterocycles. The third-order valence-electron chi connectivity index (χ3n) is 5.40. The fourth-order valence-corrected chi connectivity index (χ4v) is 3.76. The first-order chi connectivity index (χ1) is 11.2. The molecule has 0 saturated carbocycles. The van der Waals surface area contributed by atoms with E-state index in [9.17, 15) is 0 Å². The lowest BCUT2D eigenvalue weighted by atomic mass is 9.68. The average molecular weight is 305 g/mol. The molecule has 0 spiro atoms. The standard InChI is InChI=1S/C22H27N/c1-18(17-19-13-15-23-16-14-19)22(2,20-9-5-3-6-10-20)21-11-7-4-8-12-21/h3-12,19,23H,1,13-17H2,2H3. The maximum absolute atomic E-state index is 4.55. The summed E-state index contributed by atoms with van der Waals surface area (Å²) in [5, 5.41) is 3.46. The highest BCUT2D eigenvalue weighted by Crippen LogP contribution is 2.41. The second-order valence-corrected chi connectivity index (χ2v) is 6.86. The third kappa shape index (κ3) is 3.40. The van der Waals surface area contributed by atoms with Crippen molar-refractivity contribution in [3.05, 3.63) is 83.9 Å². The molecule has 0 unspecified atom stereocenters. The summed E-state index contributed by atoms with van der Waals surface area (Å²) in [7, 11) is 0. The average Bonchev–Trinajstić information content (AvgIpc) is 2.63. The predicted molar refractivity (Wildman–Crippen MR) is 98.7 cm³/mol. The van der Waals surface area contributed by atoms with Crippen molar-refractivity contribution in [1.29, 1.82) is 0 Å². The van der Waals surface area contributed by atoms with Gasteiger partial charge in [0, 0.05) is 5.41 Å². The summed E-state index contributed by atoms with van der Waals surface area (Å²) in [5.74, 6) is 0.760. The van der Waals surface area contributed by atoms with Crippen molar-refractivity contribution in [3.8, 4) is 0 Å². The first-order valence-corrected chi connectivity index (χ1v) is 8.71. The quantitative estimate of drug-likeness (QED) is 0.772. The van der Waals surface area contributed by atoms with E-state index >= 15 is 0 Å². The molecule has 0 aliphatic carbocycles. The highest BCUT2D eigenvalue weighted by Gasteiger charge is 2.33. The molecule has 1 fully saturated rings. The van der Waals surface area contributed by atoms with Crippen LogP contribution in [0.1, 0.15) is 37.3 Å². The number of rotatable bonds is 5. The largest absolute Gasteiger partial charge is 0.317 e. The Morgan fingerprint density at radius 1 is 0.957 bits per heavy atom. The van der Waals surface area contributed by atoms with Crippen LogP contribution < -0.4 is 5.32 Å². The Labute approximate surface area is 140 Å². The van der Waals surface area contributed by atoms with Crippen LogP contribution in [-0.4, -0.2) is 13.1 Å². The van der Waals surface area contributed by atoms with Crippen molar-refractivity contribution < 1.29 is 0 Å². The van der Waals surface area contributed by atoms with Gasteiger partial charge >= 0.3 is 0 Å². The Morgan fingerprint density at radius 2 is 1.43 bits per heavy atom. The van der Waals surface area contributed by atoms with Crippen molar-refractivity contribution in [2.24, 2.45) is 5.92 Å². The first kappa shape index (κ1) is 16.0. The summed E-state index contributed by atoms with van der Waals surface area (Å²) >= 11 is 0. The first-order valence-electron chi connectivity index (χ1n) is 8.71. The van der Waals surface area contributed by atoms with E-state index in [1.807, 2.05) is 0 Å². The third-order valence-corrected chi connectivity index (χ3v) is 5.40. The van der Waals surface area contributed by atoms with Gasteiger partial charge in [0.1, 0.15) is 0 Å². The monoisotopic (exact) mass is 305 g/mol. The van der Waals surface area contributed by atoms with Crippen molar-refractivity contribution in [2.75, 3.05) is 13.1 Å². The molecule has 1 N–H and O–H groups in total. The van der Waals surface area contributed by atoms with Crippen LogP contribution in [0.5, 0.6) is 0 Å². The van der Waals surface area contributed by atoms with Gasteiger partial charge in [0.05, 0.1) is 0 Å². The summed E-state index contributed by atoms with van der Waals surface area (Å²) < 4.78 is 0. The fraction of sp³-hybridized carbons (Fsp3) is 0.364. The van der Waals surface area contributed by atoms with E-state index in [1.54, 1.807) is 0 Å². The lowest BCUT2D eigenvalue weighted by Crippen LogP contribution is -2.31. The Kier molecular flexibility index (Phi) is 4.97. The van der Waals surface area contributed by atoms with E-state index in [4.69, 9.17) is 0 Å². The molecule has 0 radical (unpaired) electrons. The van der Waals surface area contributed by atoms with Crippen LogP contribution in [0.3, 0.4) is 0 Å². The molecule has 2 aromatic carbocycles. The van der Waals surface area contributed by atoms with Gasteiger partial charge in [0.25, 0.3) is 0 Å². The van der Waals surface area contributed by atoms with Crippen molar-refractivity contribution in [3.63, 3.8) is 0 Å². The lowest BCUT2D eigenvalue weighted by molar-refractivity contribution is 0.362. The molecular weight excluding hydrogens is 278 g/mol. The van der Waals surface area contributed by atoms with Crippen LogP contribution in [-0.2, 0) is 5.41 Å². The van der Waals surface area contributed by atoms with Gasteiger partial charge in [-0.2, -0.15) is 0 Å². The smallest absolute Gasteiger partial charge is 0.0380 e. The predicted octanol–water partition coefficient (Wildman–Crippen LogP) is 4.94. The zero-order valence-electron chi connectivity index (χ0n) is 14.1. The second-order valence-electron chi connectivity index (χ2n) is 6.86. The SMILES string of the molecule is C=C(CC1CCNCC1)C(C)(c1ccccc1)c1ccccc1. The maximum Gasteiger partial charge on any atom is 0.0380 e. The summed E-state index contributed by atoms with van der Waals surface area (Å²) in [6.07, 6.45) is 3.64. The normalized spacial score (nSPS) is 16.2. The highest BCUT2D eigenvalue weighted by molar-refractivity contribution is 5.46. The van der Waals surface area contributed by atoms with E-state index in [0.29, 0.717) is 0 Å². The molecule has 0 aromatic heterocycles. The van der Waals surface area contributed by atoms with Gasteiger partial charge in [0.2, 0.25) is 0 Å². The molecule has 23 heavy (non-hydrogen) atoms. The number of nitrogens with one attached hydrogen (secondary N) is 1. The molecule has 1 aliphatic heterocycles. The van der Waals surface area contributed by atoms with Crippen LogP contribution >= 0.6 is 0 Å². The molecule has 1 heteroatoms. The van der Waals surface area contributed by atoms with Crippen molar-refractivity contribution >= 4 is 0 Å². The summed E-state index contributed by atoms with van der Waals surface area (Å²) in [6.45, 7) is 9.18. The van der Waals surface area contributed by atoms with Crippen LogP contribution in [0.25, 0.3) is 0 Å². The van der Waals surface area contributed by atoms with Crippen molar-refractivity contribution in [2.45, 2.75) is 31.6 Å². The van der Waals surface area contributed by atoms with Crippen LogP contribution in [0.15, 0.2) is 72.8 Å². The molecule has 0 bridgehead atoms. The Morgan fingerprint density at radius 3 is 1.91 bits per heavy atom. The Bertz CT molecular complexity index is 584. The van der Waals surface area contributed by atoms with Crippen LogP contribution in [0.2, 0.25) is 0 Å². The van der Waals surface area contributed by atoms with Crippen LogP contribution in [0, 0.1) is 5.92 Å². The van der Waals surface area contributed by atoms with E-state index in [0.717, 1.165) is 25.4 Å². The molecule has 2 aromatic rings. The molecule has 1 saturated heterocycles. The number of hydrogen-bond donors (Lipinski definition) is 1. The number of benzene rings is 2. The lowest BCUT2D eigenvalue weighted by Gasteiger charge is -2.36. The van der Waals surface area contributed by atoms with E-state index < -0.39 is 0 Å². The molecule has 120 valence electrons.